The Bertz CT molecular complexity index is 889. The van der Waals surface area contributed by atoms with Gasteiger partial charge in [0.15, 0.2) is 5.15 Å². The van der Waals surface area contributed by atoms with Gasteiger partial charge in [-0.05, 0) is 42.4 Å². The summed E-state index contributed by atoms with van der Waals surface area (Å²) in [6.07, 6.45) is 1.42. The van der Waals surface area contributed by atoms with Gasteiger partial charge in [-0.25, -0.2) is 4.79 Å². The summed E-state index contributed by atoms with van der Waals surface area (Å²) in [5, 5.41) is 7.86. The first-order chi connectivity index (χ1) is 11.0. The Kier molecular flexibility index (Phi) is 4.08. The monoisotopic (exact) mass is 340 g/mol. The van der Waals surface area contributed by atoms with E-state index in [-0.39, 0.29) is 34.7 Å². The number of hydrogen-bond donors (Lipinski definition) is 2. The molecule has 2 atom stereocenters. The summed E-state index contributed by atoms with van der Waals surface area (Å²) in [5.41, 5.74) is -0.129. The molecule has 2 aromatic heterocycles. The second kappa shape index (κ2) is 6.04. The van der Waals surface area contributed by atoms with E-state index in [0.29, 0.717) is 5.56 Å². The molecule has 9 heteroatoms. The second-order valence-electron chi connectivity index (χ2n) is 5.29. The standard InChI is InChI=1S/C14H11ClF2N4O2/c15-12-8(7-3-6(7)1-2-11(16)17)4-10(20-21-12)9-5-18-14(23)19-13(9)22/h2,4-7H,1,3H2,(H2,18,19,22,23)/t6-,7-/m0/s1. The van der Waals surface area contributed by atoms with Crippen LogP contribution in [0.2, 0.25) is 5.15 Å². The van der Waals surface area contributed by atoms with Crippen molar-refractivity contribution < 1.29 is 8.78 Å². The molecular formula is C14H11ClF2N4O2. The summed E-state index contributed by atoms with van der Waals surface area (Å²) in [6, 6.07) is 1.61. The molecule has 0 spiro atoms. The van der Waals surface area contributed by atoms with Crippen LogP contribution in [0.25, 0.3) is 11.3 Å². The molecule has 0 bridgehead atoms. The molecule has 1 fully saturated rings. The van der Waals surface area contributed by atoms with E-state index < -0.39 is 17.3 Å². The van der Waals surface area contributed by atoms with E-state index in [4.69, 9.17) is 11.6 Å². The van der Waals surface area contributed by atoms with Gasteiger partial charge in [0.25, 0.3) is 11.6 Å². The first-order valence-corrected chi connectivity index (χ1v) is 7.20. The Labute approximate surface area is 133 Å². The summed E-state index contributed by atoms with van der Waals surface area (Å²) in [6.45, 7) is 0. The van der Waals surface area contributed by atoms with Gasteiger partial charge in [0.1, 0.15) is 5.69 Å². The van der Waals surface area contributed by atoms with Crippen LogP contribution in [0.5, 0.6) is 0 Å². The van der Waals surface area contributed by atoms with Crippen LogP contribution >= 0.6 is 11.6 Å². The summed E-state index contributed by atoms with van der Waals surface area (Å²) in [7, 11) is 0. The number of allylic oxidation sites excluding steroid dienone is 1. The third-order valence-corrected chi connectivity index (χ3v) is 4.06. The lowest BCUT2D eigenvalue weighted by Crippen LogP contribution is -2.23. The van der Waals surface area contributed by atoms with Gasteiger partial charge in [0, 0.05) is 6.20 Å². The molecule has 1 aliphatic rings. The highest BCUT2D eigenvalue weighted by atomic mass is 35.5. The predicted molar refractivity (Wildman–Crippen MR) is 79.5 cm³/mol. The quantitative estimate of drug-likeness (QED) is 0.894. The van der Waals surface area contributed by atoms with Crippen LogP contribution in [0.1, 0.15) is 24.3 Å². The molecule has 0 amide bonds. The van der Waals surface area contributed by atoms with Crippen LogP contribution < -0.4 is 11.2 Å². The van der Waals surface area contributed by atoms with Gasteiger partial charge in [-0.15, -0.1) is 10.2 Å². The fraction of sp³-hybridized carbons (Fsp3) is 0.286. The largest absolute Gasteiger partial charge is 0.325 e. The van der Waals surface area contributed by atoms with Crippen molar-refractivity contribution in [2.24, 2.45) is 5.92 Å². The molecule has 3 rings (SSSR count). The highest BCUT2D eigenvalue weighted by Gasteiger charge is 2.39. The van der Waals surface area contributed by atoms with Crippen molar-refractivity contribution in [3.8, 4) is 11.3 Å². The van der Waals surface area contributed by atoms with Crippen LogP contribution in [0.4, 0.5) is 8.78 Å². The highest BCUT2D eigenvalue weighted by Crippen LogP contribution is 2.51. The van der Waals surface area contributed by atoms with Gasteiger partial charge < -0.3 is 4.98 Å². The van der Waals surface area contributed by atoms with Crippen LogP contribution in [-0.4, -0.2) is 20.2 Å². The lowest BCUT2D eigenvalue weighted by atomic mass is 10.1. The number of aromatic amines is 2. The molecule has 0 aliphatic heterocycles. The van der Waals surface area contributed by atoms with E-state index in [9.17, 15) is 18.4 Å². The third kappa shape index (κ3) is 3.37. The fourth-order valence-electron chi connectivity index (χ4n) is 2.51. The van der Waals surface area contributed by atoms with Gasteiger partial charge >= 0.3 is 5.69 Å². The maximum absolute atomic E-state index is 12.1. The molecule has 23 heavy (non-hydrogen) atoms. The minimum absolute atomic E-state index is 0.00851. The smallest absolute Gasteiger partial charge is 0.313 e. The molecule has 120 valence electrons. The molecule has 1 saturated carbocycles. The molecule has 0 radical (unpaired) electrons. The zero-order valence-electron chi connectivity index (χ0n) is 11.6. The number of rotatable bonds is 4. The molecule has 1 aliphatic carbocycles. The van der Waals surface area contributed by atoms with E-state index in [0.717, 1.165) is 12.5 Å². The van der Waals surface area contributed by atoms with E-state index in [1.54, 1.807) is 6.07 Å². The molecule has 0 aromatic carbocycles. The first kappa shape index (κ1) is 15.5. The Balaban J connectivity index is 1.90. The molecule has 2 heterocycles. The van der Waals surface area contributed by atoms with Crippen molar-refractivity contribution in [3.05, 3.63) is 56.0 Å². The van der Waals surface area contributed by atoms with Gasteiger partial charge in [0.2, 0.25) is 0 Å². The lowest BCUT2D eigenvalue weighted by Gasteiger charge is -2.05. The van der Waals surface area contributed by atoms with Crippen molar-refractivity contribution in [1.82, 2.24) is 20.2 Å². The van der Waals surface area contributed by atoms with Crippen molar-refractivity contribution in [3.63, 3.8) is 0 Å². The number of halogens is 3. The second-order valence-corrected chi connectivity index (χ2v) is 5.65. The number of nitrogens with zero attached hydrogens (tertiary/aromatic N) is 2. The maximum atomic E-state index is 12.1. The topological polar surface area (TPSA) is 91.5 Å². The minimum Gasteiger partial charge on any atom is -0.313 e. The van der Waals surface area contributed by atoms with Crippen LogP contribution in [0, 0.1) is 5.92 Å². The van der Waals surface area contributed by atoms with Crippen molar-refractivity contribution in [2.75, 3.05) is 0 Å². The van der Waals surface area contributed by atoms with Crippen LogP contribution in [0.3, 0.4) is 0 Å². The average Bonchev–Trinajstić information content (AvgIpc) is 3.25. The Morgan fingerprint density at radius 3 is 2.87 bits per heavy atom. The van der Waals surface area contributed by atoms with E-state index in [1.165, 1.54) is 6.20 Å². The van der Waals surface area contributed by atoms with Crippen molar-refractivity contribution >= 4 is 11.6 Å². The normalized spacial score (nSPS) is 19.4. The molecular weight excluding hydrogens is 330 g/mol. The Hall–Kier alpha value is -2.35. The summed E-state index contributed by atoms with van der Waals surface area (Å²) >= 11 is 6.03. The van der Waals surface area contributed by atoms with Gasteiger partial charge in [-0.1, -0.05) is 11.6 Å². The maximum Gasteiger partial charge on any atom is 0.325 e. The number of aromatic nitrogens is 4. The van der Waals surface area contributed by atoms with Crippen molar-refractivity contribution in [1.29, 1.82) is 0 Å². The van der Waals surface area contributed by atoms with E-state index >= 15 is 0 Å². The first-order valence-electron chi connectivity index (χ1n) is 6.82. The van der Waals surface area contributed by atoms with Crippen LogP contribution in [0.15, 0.2) is 34.0 Å². The lowest BCUT2D eigenvalue weighted by molar-refractivity contribution is 0.416. The molecule has 2 N–H and O–H groups in total. The number of hydrogen-bond acceptors (Lipinski definition) is 4. The zero-order valence-corrected chi connectivity index (χ0v) is 12.4. The molecule has 0 unspecified atom stereocenters. The summed E-state index contributed by atoms with van der Waals surface area (Å²) < 4.78 is 24.3. The average molecular weight is 341 g/mol. The molecule has 2 aromatic rings. The SMILES string of the molecule is O=c1[nH]cc(-c2cc([C@H]3C[C@@H]3CC=C(F)F)c(Cl)nn2)c(=O)[nH]1. The van der Waals surface area contributed by atoms with E-state index in [1.807, 2.05) is 0 Å². The third-order valence-electron chi connectivity index (χ3n) is 3.77. The molecule has 6 nitrogen and oxygen atoms in total. The predicted octanol–water partition coefficient (Wildman–Crippen LogP) is 2.45. The van der Waals surface area contributed by atoms with Crippen molar-refractivity contribution in [2.45, 2.75) is 18.8 Å². The Morgan fingerprint density at radius 2 is 2.17 bits per heavy atom. The number of H-pyrrole nitrogens is 2. The minimum atomic E-state index is -1.70. The summed E-state index contributed by atoms with van der Waals surface area (Å²) in [4.78, 5) is 27.3. The zero-order chi connectivity index (χ0) is 16.6. The van der Waals surface area contributed by atoms with E-state index in [2.05, 4.69) is 20.2 Å². The highest BCUT2D eigenvalue weighted by molar-refractivity contribution is 6.30. The van der Waals surface area contributed by atoms with Gasteiger partial charge in [-0.3, -0.25) is 9.78 Å². The number of nitrogens with one attached hydrogen (secondary N) is 2. The van der Waals surface area contributed by atoms with Gasteiger partial charge in [-0.2, -0.15) is 8.78 Å². The molecule has 0 saturated heterocycles. The van der Waals surface area contributed by atoms with Crippen LogP contribution in [-0.2, 0) is 0 Å². The summed E-state index contributed by atoms with van der Waals surface area (Å²) in [5.74, 6) is 0.0779. The Morgan fingerprint density at radius 1 is 1.39 bits per heavy atom. The fourth-order valence-corrected chi connectivity index (χ4v) is 2.74. The van der Waals surface area contributed by atoms with Gasteiger partial charge in [0.05, 0.1) is 5.56 Å².